The summed E-state index contributed by atoms with van der Waals surface area (Å²) in [6, 6.07) is -0.274. The SMILES string of the molecule is CSC1CCN(C(N)=O)CC1. The van der Waals surface area contributed by atoms with Crippen LogP contribution in [0.4, 0.5) is 4.79 Å². The fourth-order valence-electron chi connectivity index (χ4n) is 1.31. The van der Waals surface area contributed by atoms with Crippen molar-refractivity contribution in [1.29, 1.82) is 0 Å². The van der Waals surface area contributed by atoms with E-state index in [0.717, 1.165) is 31.2 Å². The third-order valence-corrected chi connectivity index (χ3v) is 3.23. The largest absolute Gasteiger partial charge is 0.351 e. The van der Waals surface area contributed by atoms with Crippen LogP contribution in [0.15, 0.2) is 0 Å². The lowest BCUT2D eigenvalue weighted by Gasteiger charge is -2.29. The number of likely N-dealkylation sites (tertiary alicyclic amines) is 1. The van der Waals surface area contributed by atoms with Gasteiger partial charge in [0.05, 0.1) is 0 Å². The molecule has 1 aliphatic rings. The molecule has 0 radical (unpaired) electrons. The molecule has 4 heteroatoms. The predicted molar refractivity (Wildman–Crippen MR) is 47.7 cm³/mol. The molecule has 1 fully saturated rings. The Morgan fingerprint density at radius 1 is 1.55 bits per heavy atom. The molecule has 0 aromatic rings. The average molecular weight is 174 g/mol. The van der Waals surface area contributed by atoms with Gasteiger partial charge in [0, 0.05) is 18.3 Å². The highest BCUT2D eigenvalue weighted by Crippen LogP contribution is 2.20. The van der Waals surface area contributed by atoms with Gasteiger partial charge >= 0.3 is 6.03 Å². The quantitative estimate of drug-likeness (QED) is 0.641. The molecule has 0 bridgehead atoms. The van der Waals surface area contributed by atoms with E-state index in [0.29, 0.717) is 0 Å². The highest BCUT2D eigenvalue weighted by Gasteiger charge is 2.19. The van der Waals surface area contributed by atoms with E-state index < -0.39 is 0 Å². The van der Waals surface area contributed by atoms with E-state index in [9.17, 15) is 4.79 Å². The Bertz CT molecular complexity index is 143. The summed E-state index contributed by atoms with van der Waals surface area (Å²) in [5, 5.41) is 0.727. The minimum Gasteiger partial charge on any atom is -0.351 e. The van der Waals surface area contributed by atoms with Crippen LogP contribution < -0.4 is 5.73 Å². The van der Waals surface area contributed by atoms with Gasteiger partial charge in [-0.05, 0) is 19.1 Å². The molecule has 0 spiro atoms. The molecular formula is C7H14N2OS. The third kappa shape index (κ3) is 2.29. The third-order valence-electron chi connectivity index (χ3n) is 2.09. The molecule has 3 nitrogen and oxygen atoms in total. The molecule has 64 valence electrons. The van der Waals surface area contributed by atoms with Gasteiger partial charge in [-0.3, -0.25) is 0 Å². The summed E-state index contributed by atoms with van der Waals surface area (Å²) in [6.45, 7) is 1.67. The number of hydrogen-bond acceptors (Lipinski definition) is 2. The summed E-state index contributed by atoms with van der Waals surface area (Å²) in [7, 11) is 0. The molecule has 1 rings (SSSR count). The first kappa shape index (κ1) is 8.71. The van der Waals surface area contributed by atoms with E-state index in [2.05, 4.69) is 6.26 Å². The first-order valence-electron chi connectivity index (χ1n) is 3.81. The monoisotopic (exact) mass is 174 g/mol. The second-order valence-corrected chi connectivity index (χ2v) is 3.90. The van der Waals surface area contributed by atoms with Crippen molar-refractivity contribution >= 4 is 17.8 Å². The van der Waals surface area contributed by atoms with E-state index in [4.69, 9.17) is 5.73 Å². The second kappa shape index (κ2) is 3.85. The van der Waals surface area contributed by atoms with Crippen molar-refractivity contribution in [1.82, 2.24) is 4.90 Å². The molecule has 0 saturated carbocycles. The maximum absolute atomic E-state index is 10.7. The van der Waals surface area contributed by atoms with Crippen molar-refractivity contribution in [2.45, 2.75) is 18.1 Å². The van der Waals surface area contributed by atoms with Crippen LogP contribution in [0.1, 0.15) is 12.8 Å². The van der Waals surface area contributed by atoms with Gasteiger partial charge in [0.15, 0.2) is 0 Å². The Balaban J connectivity index is 2.30. The first-order valence-corrected chi connectivity index (χ1v) is 5.10. The molecule has 1 saturated heterocycles. The summed E-state index contributed by atoms with van der Waals surface area (Å²) in [5.41, 5.74) is 5.13. The number of piperidine rings is 1. The number of rotatable bonds is 1. The topological polar surface area (TPSA) is 46.3 Å². The van der Waals surface area contributed by atoms with Crippen molar-refractivity contribution in [3.8, 4) is 0 Å². The Morgan fingerprint density at radius 2 is 2.09 bits per heavy atom. The van der Waals surface area contributed by atoms with Crippen molar-refractivity contribution in [3.63, 3.8) is 0 Å². The Morgan fingerprint density at radius 3 is 2.45 bits per heavy atom. The number of urea groups is 1. The van der Waals surface area contributed by atoms with Gasteiger partial charge in [0.1, 0.15) is 0 Å². The fourth-order valence-corrected chi connectivity index (χ4v) is 1.99. The van der Waals surface area contributed by atoms with Crippen LogP contribution in [0.5, 0.6) is 0 Å². The summed E-state index contributed by atoms with van der Waals surface area (Å²) >= 11 is 1.88. The summed E-state index contributed by atoms with van der Waals surface area (Å²) in [5.74, 6) is 0. The van der Waals surface area contributed by atoms with Crippen molar-refractivity contribution in [2.24, 2.45) is 5.73 Å². The van der Waals surface area contributed by atoms with Gasteiger partial charge in [-0.15, -0.1) is 0 Å². The number of nitrogens with two attached hydrogens (primary N) is 1. The molecule has 2 amide bonds. The Kier molecular flexibility index (Phi) is 3.05. The van der Waals surface area contributed by atoms with Crippen LogP contribution >= 0.6 is 11.8 Å². The average Bonchev–Trinajstić information content (AvgIpc) is 2.05. The molecule has 1 aliphatic heterocycles. The zero-order chi connectivity index (χ0) is 8.27. The van der Waals surface area contributed by atoms with E-state index in [1.807, 2.05) is 11.8 Å². The number of carbonyl (C=O) groups excluding carboxylic acids is 1. The number of thioether (sulfide) groups is 1. The number of carbonyl (C=O) groups is 1. The molecule has 0 aromatic heterocycles. The standard InChI is InChI=1S/C7H14N2OS/c1-11-6-2-4-9(5-3-6)7(8)10/h6H,2-5H2,1H3,(H2,8,10). The zero-order valence-corrected chi connectivity index (χ0v) is 7.56. The number of primary amides is 1. The van der Waals surface area contributed by atoms with E-state index in [-0.39, 0.29) is 6.03 Å². The van der Waals surface area contributed by atoms with E-state index in [1.54, 1.807) is 4.90 Å². The minimum absolute atomic E-state index is 0.274. The Labute approximate surface area is 71.3 Å². The van der Waals surface area contributed by atoms with Crippen LogP contribution in [-0.2, 0) is 0 Å². The molecule has 11 heavy (non-hydrogen) atoms. The second-order valence-electron chi connectivity index (χ2n) is 2.76. The number of hydrogen-bond donors (Lipinski definition) is 1. The molecule has 0 aliphatic carbocycles. The fraction of sp³-hybridized carbons (Fsp3) is 0.857. The van der Waals surface area contributed by atoms with Gasteiger partial charge < -0.3 is 10.6 Å². The smallest absolute Gasteiger partial charge is 0.314 e. The molecule has 0 atom stereocenters. The summed E-state index contributed by atoms with van der Waals surface area (Å²) in [6.07, 6.45) is 4.29. The normalized spacial score (nSPS) is 20.3. The van der Waals surface area contributed by atoms with Crippen LogP contribution in [0, 0.1) is 0 Å². The molecular weight excluding hydrogens is 160 g/mol. The van der Waals surface area contributed by atoms with Crippen molar-refractivity contribution in [2.75, 3.05) is 19.3 Å². The highest BCUT2D eigenvalue weighted by molar-refractivity contribution is 7.99. The van der Waals surface area contributed by atoms with Crippen LogP contribution in [0.3, 0.4) is 0 Å². The van der Waals surface area contributed by atoms with Gasteiger partial charge in [0.2, 0.25) is 0 Å². The summed E-state index contributed by atoms with van der Waals surface area (Å²) in [4.78, 5) is 12.4. The maximum atomic E-state index is 10.7. The maximum Gasteiger partial charge on any atom is 0.314 e. The van der Waals surface area contributed by atoms with Gasteiger partial charge in [-0.1, -0.05) is 0 Å². The summed E-state index contributed by atoms with van der Waals surface area (Å²) < 4.78 is 0. The van der Waals surface area contributed by atoms with Gasteiger partial charge in [0.25, 0.3) is 0 Å². The van der Waals surface area contributed by atoms with Gasteiger partial charge in [-0.25, -0.2) is 4.79 Å². The highest BCUT2D eigenvalue weighted by atomic mass is 32.2. The van der Waals surface area contributed by atoms with E-state index >= 15 is 0 Å². The lowest BCUT2D eigenvalue weighted by atomic mass is 10.1. The molecule has 1 heterocycles. The molecule has 2 N–H and O–H groups in total. The number of nitrogens with zero attached hydrogens (tertiary/aromatic N) is 1. The lowest BCUT2D eigenvalue weighted by Crippen LogP contribution is -2.42. The van der Waals surface area contributed by atoms with Crippen LogP contribution in [-0.4, -0.2) is 35.5 Å². The Hall–Kier alpha value is -0.380. The van der Waals surface area contributed by atoms with Crippen molar-refractivity contribution < 1.29 is 4.79 Å². The predicted octanol–water partition coefficient (Wildman–Crippen LogP) is 0.893. The van der Waals surface area contributed by atoms with Crippen LogP contribution in [0.2, 0.25) is 0 Å². The van der Waals surface area contributed by atoms with E-state index in [1.165, 1.54) is 0 Å². The molecule has 0 aromatic carbocycles. The van der Waals surface area contributed by atoms with Gasteiger partial charge in [-0.2, -0.15) is 11.8 Å². The zero-order valence-electron chi connectivity index (χ0n) is 6.75. The first-order chi connectivity index (χ1) is 5.24. The lowest BCUT2D eigenvalue weighted by molar-refractivity contribution is 0.197. The minimum atomic E-state index is -0.274. The molecule has 0 unspecified atom stereocenters. The van der Waals surface area contributed by atoms with Crippen LogP contribution in [0.25, 0.3) is 0 Å². The van der Waals surface area contributed by atoms with Crippen molar-refractivity contribution in [3.05, 3.63) is 0 Å². The number of amides is 2.